The molecule has 0 bridgehead atoms. The lowest BCUT2D eigenvalue weighted by molar-refractivity contribution is -0.384. The number of hydrogen-bond donors (Lipinski definition) is 0. The number of carbonyl (C=O) groups is 1. The highest BCUT2D eigenvalue weighted by molar-refractivity contribution is 7.92. The second kappa shape index (κ2) is 9.57. The number of nitrogens with zero attached hydrogens (tertiary/aromatic N) is 3. The molecule has 2 rings (SSSR count). The number of esters is 1. The van der Waals surface area contributed by atoms with Crippen LogP contribution >= 0.6 is 0 Å². The van der Waals surface area contributed by atoms with Gasteiger partial charge in [0.1, 0.15) is 5.69 Å². The number of carbonyl (C=O) groups excluding carboxylic acids is 1. The van der Waals surface area contributed by atoms with Crippen LogP contribution in [0.3, 0.4) is 0 Å². The first-order valence-electron chi connectivity index (χ1n) is 9.28. The van der Waals surface area contributed by atoms with Gasteiger partial charge in [0.25, 0.3) is 15.7 Å². The van der Waals surface area contributed by atoms with Gasteiger partial charge in [-0.15, -0.1) is 0 Å². The summed E-state index contributed by atoms with van der Waals surface area (Å²) in [7, 11) is -1.14. The Morgan fingerprint density at radius 2 is 1.83 bits per heavy atom. The summed E-state index contributed by atoms with van der Waals surface area (Å²) >= 11 is 0. The number of sulfonamides is 1. The fourth-order valence-electron chi connectivity index (χ4n) is 3.13. The van der Waals surface area contributed by atoms with Crippen molar-refractivity contribution in [2.24, 2.45) is 5.92 Å². The second-order valence-electron chi connectivity index (χ2n) is 6.72. The minimum Gasteiger partial charge on any atom is -0.469 e. The first-order chi connectivity index (χ1) is 14.1. The predicted octanol–water partition coefficient (Wildman–Crippen LogP) is 3.06. The van der Waals surface area contributed by atoms with Crippen molar-refractivity contribution in [2.45, 2.75) is 18.7 Å². The van der Waals surface area contributed by atoms with Crippen LogP contribution in [0.1, 0.15) is 13.8 Å². The Bertz CT molecular complexity index is 1010. The molecule has 0 saturated heterocycles. The van der Waals surface area contributed by atoms with Gasteiger partial charge in [0.05, 0.1) is 28.5 Å². The van der Waals surface area contributed by atoms with E-state index in [1.54, 1.807) is 51.2 Å². The van der Waals surface area contributed by atoms with E-state index in [0.29, 0.717) is 5.69 Å². The van der Waals surface area contributed by atoms with Crippen LogP contribution in [0.2, 0.25) is 0 Å². The zero-order valence-corrected chi connectivity index (χ0v) is 18.1. The Morgan fingerprint density at radius 1 is 1.20 bits per heavy atom. The molecule has 0 spiro atoms. The van der Waals surface area contributed by atoms with Crippen molar-refractivity contribution >= 4 is 33.1 Å². The molecule has 0 radical (unpaired) electrons. The van der Waals surface area contributed by atoms with Crippen molar-refractivity contribution in [1.82, 2.24) is 0 Å². The largest absolute Gasteiger partial charge is 0.469 e. The second-order valence-corrected chi connectivity index (χ2v) is 8.58. The highest BCUT2D eigenvalue weighted by atomic mass is 32.2. The molecule has 0 unspecified atom stereocenters. The molecule has 30 heavy (non-hydrogen) atoms. The summed E-state index contributed by atoms with van der Waals surface area (Å²) < 4.78 is 32.2. The van der Waals surface area contributed by atoms with E-state index in [-0.39, 0.29) is 29.4 Å². The fraction of sp³-hybridized carbons (Fsp3) is 0.350. The first kappa shape index (κ1) is 23.1. The topological polar surface area (TPSA) is 110 Å². The summed E-state index contributed by atoms with van der Waals surface area (Å²) in [5.74, 6) is -0.957. The SMILES string of the molecule is CCN(c1ccccc1)S(=O)(=O)c1ccc(N(C)C[C@@H](C)C(=O)OC)c([N+](=O)[O-])c1. The molecule has 1 atom stereocenters. The molecular weight excluding hydrogens is 410 g/mol. The van der Waals surface area contributed by atoms with Crippen LogP contribution in [0.25, 0.3) is 0 Å². The van der Waals surface area contributed by atoms with Crippen LogP contribution < -0.4 is 9.21 Å². The average Bonchev–Trinajstić information content (AvgIpc) is 2.73. The zero-order chi connectivity index (χ0) is 22.5. The minimum atomic E-state index is -4.01. The van der Waals surface area contributed by atoms with Gasteiger partial charge in [-0.05, 0) is 31.2 Å². The van der Waals surface area contributed by atoms with Crippen molar-refractivity contribution < 1.29 is 22.9 Å². The van der Waals surface area contributed by atoms with Crippen LogP contribution in [0.4, 0.5) is 17.1 Å². The van der Waals surface area contributed by atoms with Crippen LogP contribution in [-0.4, -0.2) is 46.6 Å². The smallest absolute Gasteiger partial charge is 0.310 e. The summed E-state index contributed by atoms with van der Waals surface area (Å²) in [5.41, 5.74) is 0.313. The maximum absolute atomic E-state index is 13.2. The predicted molar refractivity (Wildman–Crippen MR) is 114 cm³/mol. The Hall–Kier alpha value is -3.14. The summed E-state index contributed by atoms with van der Waals surface area (Å²) in [4.78, 5) is 24.0. The number of ether oxygens (including phenoxy) is 1. The molecule has 0 aliphatic carbocycles. The molecule has 0 fully saturated rings. The Kier molecular flexibility index (Phi) is 7.38. The normalized spacial score (nSPS) is 12.1. The lowest BCUT2D eigenvalue weighted by atomic mass is 10.1. The van der Waals surface area contributed by atoms with Crippen molar-refractivity contribution in [3.63, 3.8) is 0 Å². The van der Waals surface area contributed by atoms with E-state index in [1.807, 2.05) is 0 Å². The number of nitro benzene ring substituents is 1. The Labute approximate surface area is 176 Å². The van der Waals surface area contributed by atoms with E-state index in [2.05, 4.69) is 4.74 Å². The minimum absolute atomic E-state index is 0.165. The number of benzene rings is 2. The van der Waals surface area contributed by atoms with Gasteiger partial charge in [-0.2, -0.15) is 0 Å². The molecule has 2 aromatic rings. The van der Waals surface area contributed by atoms with Crippen molar-refractivity contribution in [3.05, 3.63) is 58.6 Å². The molecule has 10 heteroatoms. The fourth-order valence-corrected chi connectivity index (χ4v) is 4.62. The standard InChI is InChI=1S/C20H25N3O6S/c1-5-22(16-9-7-6-8-10-16)30(27,28)17-11-12-18(19(13-17)23(25)26)21(3)14-15(2)20(24)29-4/h6-13,15H,5,14H2,1-4H3/t15-/m1/s1. The molecule has 0 aliphatic rings. The molecule has 0 aliphatic heterocycles. The van der Waals surface area contributed by atoms with Gasteiger partial charge in [-0.25, -0.2) is 8.42 Å². The van der Waals surface area contributed by atoms with Gasteiger partial charge in [-0.3, -0.25) is 19.2 Å². The summed E-state index contributed by atoms with van der Waals surface area (Å²) in [6.45, 7) is 3.67. The lowest BCUT2D eigenvalue weighted by Gasteiger charge is -2.24. The maximum Gasteiger partial charge on any atom is 0.310 e. The van der Waals surface area contributed by atoms with Crippen LogP contribution in [0, 0.1) is 16.0 Å². The van der Waals surface area contributed by atoms with Gasteiger partial charge in [0, 0.05) is 26.2 Å². The molecule has 9 nitrogen and oxygen atoms in total. The van der Waals surface area contributed by atoms with Gasteiger partial charge < -0.3 is 9.64 Å². The van der Waals surface area contributed by atoms with Crippen LogP contribution in [-0.2, 0) is 19.6 Å². The number of anilines is 2. The van der Waals surface area contributed by atoms with E-state index in [0.717, 1.165) is 6.07 Å². The summed E-state index contributed by atoms with van der Waals surface area (Å²) in [5, 5.41) is 11.7. The Balaban J connectivity index is 2.45. The molecular formula is C20H25N3O6S. The molecule has 2 aromatic carbocycles. The van der Waals surface area contributed by atoms with E-state index in [9.17, 15) is 23.3 Å². The molecule has 0 heterocycles. The van der Waals surface area contributed by atoms with Crippen molar-refractivity contribution in [3.8, 4) is 0 Å². The van der Waals surface area contributed by atoms with E-state index < -0.39 is 26.8 Å². The van der Waals surface area contributed by atoms with Gasteiger partial charge >= 0.3 is 5.97 Å². The molecule has 0 aromatic heterocycles. The van der Waals surface area contributed by atoms with E-state index in [4.69, 9.17) is 0 Å². The third kappa shape index (κ3) is 4.88. The molecule has 0 amide bonds. The molecule has 0 saturated carbocycles. The first-order valence-corrected chi connectivity index (χ1v) is 10.7. The average molecular weight is 436 g/mol. The number of methoxy groups -OCH3 is 1. The van der Waals surface area contributed by atoms with Gasteiger partial charge in [0.2, 0.25) is 0 Å². The van der Waals surface area contributed by atoms with Gasteiger partial charge in [-0.1, -0.05) is 25.1 Å². The highest BCUT2D eigenvalue weighted by Gasteiger charge is 2.28. The third-order valence-electron chi connectivity index (χ3n) is 4.63. The maximum atomic E-state index is 13.2. The quantitative estimate of drug-likeness (QED) is 0.338. The van der Waals surface area contributed by atoms with Crippen LogP contribution in [0.15, 0.2) is 53.4 Å². The van der Waals surface area contributed by atoms with E-state index in [1.165, 1.54) is 28.4 Å². The molecule has 162 valence electrons. The van der Waals surface area contributed by atoms with Crippen molar-refractivity contribution in [2.75, 3.05) is 36.5 Å². The zero-order valence-electron chi connectivity index (χ0n) is 17.3. The summed E-state index contributed by atoms with van der Waals surface area (Å²) in [6, 6.07) is 12.3. The van der Waals surface area contributed by atoms with Crippen molar-refractivity contribution in [1.29, 1.82) is 0 Å². The third-order valence-corrected chi connectivity index (χ3v) is 6.52. The Morgan fingerprint density at radius 3 is 2.37 bits per heavy atom. The van der Waals surface area contributed by atoms with Crippen LogP contribution in [0.5, 0.6) is 0 Å². The lowest BCUT2D eigenvalue weighted by Crippen LogP contribution is -2.31. The molecule has 0 N–H and O–H groups in total. The number of hydrogen-bond acceptors (Lipinski definition) is 7. The number of rotatable bonds is 9. The van der Waals surface area contributed by atoms with Gasteiger partial charge in [0.15, 0.2) is 0 Å². The monoisotopic (exact) mass is 435 g/mol. The highest BCUT2D eigenvalue weighted by Crippen LogP contribution is 2.33. The number of nitro groups is 1. The van der Waals surface area contributed by atoms with E-state index >= 15 is 0 Å². The number of para-hydroxylation sites is 1. The summed E-state index contributed by atoms with van der Waals surface area (Å²) in [6.07, 6.45) is 0.